The first kappa shape index (κ1) is 23.5. The number of amides is 3. The second kappa shape index (κ2) is 11.5. The Labute approximate surface area is 201 Å². The van der Waals surface area contributed by atoms with Crippen molar-refractivity contribution in [3.8, 4) is 17.2 Å². The second-order valence-electron chi connectivity index (χ2n) is 7.51. The van der Waals surface area contributed by atoms with Crippen LogP contribution in [-0.4, -0.2) is 30.1 Å². The summed E-state index contributed by atoms with van der Waals surface area (Å²) >= 11 is 0. The number of nitrogens with zero attached hydrogens (tertiary/aromatic N) is 1. The highest BCUT2D eigenvalue weighted by Crippen LogP contribution is 2.19. The van der Waals surface area contributed by atoms with Crippen LogP contribution in [-0.2, 0) is 11.2 Å². The lowest BCUT2D eigenvalue weighted by molar-refractivity contribution is -0.118. The fourth-order valence-corrected chi connectivity index (χ4v) is 3.16. The number of ether oxygens (including phenoxy) is 1. The molecule has 35 heavy (non-hydrogen) atoms. The minimum Gasteiger partial charge on any atom is -0.484 e. The third kappa shape index (κ3) is 7.16. The van der Waals surface area contributed by atoms with Crippen molar-refractivity contribution in [1.29, 1.82) is 0 Å². The summed E-state index contributed by atoms with van der Waals surface area (Å²) in [5.41, 5.74) is 2.53. The van der Waals surface area contributed by atoms with E-state index < -0.39 is 6.03 Å². The predicted molar refractivity (Wildman–Crippen MR) is 130 cm³/mol. The van der Waals surface area contributed by atoms with Crippen molar-refractivity contribution in [3.63, 3.8) is 0 Å². The zero-order valence-corrected chi connectivity index (χ0v) is 18.7. The third-order valence-electron chi connectivity index (χ3n) is 4.83. The topological polar surface area (TPSA) is 105 Å². The molecule has 3 N–H and O–H groups in total. The number of carbonyl (C=O) groups excluding carboxylic acids is 2. The predicted octanol–water partition coefficient (Wildman–Crippen LogP) is 4.86. The molecule has 0 spiro atoms. The molecule has 0 saturated carbocycles. The molecule has 0 unspecified atom stereocenters. The van der Waals surface area contributed by atoms with Crippen molar-refractivity contribution in [2.75, 3.05) is 23.8 Å². The van der Waals surface area contributed by atoms with Gasteiger partial charge in [-0.2, -0.15) is 0 Å². The minimum atomic E-state index is -0.397. The van der Waals surface area contributed by atoms with E-state index in [1.165, 1.54) is 18.4 Å². The Hall–Kier alpha value is -4.66. The average Bonchev–Trinajstić information content (AvgIpc) is 3.33. The van der Waals surface area contributed by atoms with Gasteiger partial charge in [0.2, 0.25) is 5.89 Å². The first-order valence-corrected chi connectivity index (χ1v) is 10.9. The van der Waals surface area contributed by atoms with Crippen LogP contribution in [0.2, 0.25) is 0 Å². The number of para-hydroxylation sites is 1. The summed E-state index contributed by atoms with van der Waals surface area (Å²) in [6.45, 7) is 0.166. The van der Waals surface area contributed by atoms with Crippen molar-refractivity contribution in [3.05, 3.63) is 96.6 Å². The van der Waals surface area contributed by atoms with E-state index in [0.29, 0.717) is 47.2 Å². The molecule has 0 aliphatic heterocycles. The molecule has 178 valence electrons. The first-order valence-electron chi connectivity index (χ1n) is 10.9. The molecular weight excluding hydrogens is 451 g/mol. The number of oxazole rings is 1. The largest absolute Gasteiger partial charge is 0.484 e. The minimum absolute atomic E-state index is 0.165. The van der Waals surface area contributed by atoms with Gasteiger partial charge in [0.05, 0.1) is 5.69 Å². The lowest BCUT2D eigenvalue weighted by Crippen LogP contribution is -2.30. The third-order valence-corrected chi connectivity index (χ3v) is 4.83. The number of halogens is 1. The molecule has 1 aromatic heterocycles. The Morgan fingerprint density at radius 2 is 1.69 bits per heavy atom. The van der Waals surface area contributed by atoms with Crippen LogP contribution in [0, 0.1) is 5.82 Å². The first-order chi connectivity index (χ1) is 17.0. The molecule has 0 saturated heterocycles. The normalized spacial score (nSPS) is 10.4. The van der Waals surface area contributed by atoms with Crippen LogP contribution < -0.4 is 20.7 Å². The average molecular weight is 474 g/mol. The van der Waals surface area contributed by atoms with Gasteiger partial charge in [-0.05, 0) is 48.5 Å². The second-order valence-corrected chi connectivity index (χ2v) is 7.51. The summed E-state index contributed by atoms with van der Waals surface area (Å²) < 4.78 is 24.0. The number of hydrogen-bond acceptors (Lipinski definition) is 5. The standard InChI is InChI=1S/C26H23FN4O4/c27-19-11-9-18(10-12-19)25-30-22(16-35-25)13-14-28-26(33)31-21-7-4-8-23(15-21)34-17-24(32)29-20-5-2-1-3-6-20/h1-12,15-16H,13-14,17H2,(H,29,32)(H2,28,31,33). The van der Waals surface area contributed by atoms with Crippen molar-refractivity contribution < 1.29 is 23.1 Å². The molecular formula is C26H23FN4O4. The summed E-state index contributed by atoms with van der Waals surface area (Å²) in [5, 5.41) is 8.21. The van der Waals surface area contributed by atoms with Gasteiger partial charge in [0.15, 0.2) is 6.61 Å². The highest BCUT2D eigenvalue weighted by Gasteiger charge is 2.09. The number of benzene rings is 3. The maximum Gasteiger partial charge on any atom is 0.319 e. The van der Waals surface area contributed by atoms with Crippen molar-refractivity contribution >= 4 is 23.3 Å². The van der Waals surface area contributed by atoms with Crippen LogP contribution in [0.3, 0.4) is 0 Å². The van der Waals surface area contributed by atoms with Crippen molar-refractivity contribution in [2.45, 2.75) is 6.42 Å². The van der Waals surface area contributed by atoms with E-state index in [9.17, 15) is 14.0 Å². The molecule has 0 radical (unpaired) electrons. The number of nitrogens with one attached hydrogen (secondary N) is 3. The molecule has 4 rings (SSSR count). The number of carbonyl (C=O) groups is 2. The summed E-state index contributed by atoms with van der Waals surface area (Å²) in [6.07, 6.45) is 1.96. The number of hydrogen-bond donors (Lipinski definition) is 3. The van der Waals surface area contributed by atoms with E-state index in [4.69, 9.17) is 9.15 Å². The Balaban J connectivity index is 1.20. The molecule has 0 fully saturated rings. The fourth-order valence-electron chi connectivity index (χ4n) is 3.16. The van der Waals surface area contributed by atoms with Gasteiger partial charge in [0.1, 0.15) is 17.8 Å². The molecule has 0 aliphatic carbocycles. The van der Waals surface area contributed by atoms with Gasteiger partial charge in [-0.15, -0.1) is 0 Å². The Bertz CT molecular complexity index is 1280. The van der Waals surface area contributed by atoms with Gasteiger partial charge >= 0.3 is 6.03 Å². The Morgan fingerprint density at radius 3 is 2.49 bits per heavy atom. The molecule has 8 nitrogen and oxygen atoms in total. The van der Waals surface area contributed by atoms with Crippen molar-refractivity contribution in [1.82, 2.24) is 10.3 Å². The van der Waals surface area contributed by atoms with E-state index in [2.05, 4.69) is 20.9 Å². The fraction of sp³-hybridized carbons (Fsp3) is 0.115. The van der Waals surface area contributed by atoms with Gasteiger partial charge in [-0.1, -0.05) is 24.3 Å². The van der Waals surface area contributed by atoms with Crippen LogP contribution in [0.15, 0.2) is 89.5 Å². The maximum absolute atomic E-state index is 13.1. The van der Waals surface area contributed by atoms with Gasteiger partial charge in [0, 0.05) is 36.0 Å². The molecule has 4 aromatic rings. The number of anilines is 2. The lowest BCUT2D eigenvalue weighted by Gasteiger charge is -2.10. The molecule has 3 amide bonds. The lowest BCUT2D eigenvalue weighted by atomic mass is 10.2. The van der Waals surface area contributed by atoms with Crippen LogP contribution >= 0.6 is 0 Å². The molecule has 0 atom stereocenters. The van der Waals surface area contributed by atoms with E-state index in [1.54, 1.807) is 48.5 Å². The Kier molecular flexibility index (Phi) is 7.70. The number of urea groups is 1. The zero-order chi connectivity index (χ0) is 24.5. The van der Waals surface area contributed by atoms with E-state index >= 15 is 0 Å². The number of rotatable bonds is 9. The molecule has 9 heteroatoms. The monoisotopic (exact) mass is 474 g/mol. The summed E-state index contributed by atoms with van der Waals surface area (Å²) in [5.74, 6) is 0.213. The van der Waals surface area contributed by atoms with Crippen molar-refractivity contribution in [2.24, 2.45) is 0 Å². The highest BCUT2D eigenvalue weighted by molar-refractivity contribution is 5.92. The summed E-state index contributed by atoms with van der Waals surface area (Å²) in [6, 6.07) is 21.3. The van der Waals surface area contributed by atoms with Crippen LogP contribution in [0.5, 0.6) is 5.75 Å². The van der Waals surface area contributed by atoms with Crippen LogP contribution in [0.1, 0.15) is 5.69 Å². The van der Waals surface area contributed by atoms with Gasteiger partial charge in [-0.25, -0.2) is 14.2 Å². The summed E-state index contributed by atoms with van der Waals surface area (Å²) in [7, 11) is 0. The molecule has 0 bridgehead atoms. The van der Waals surface area contributed by atoms with Gasteiger partial charge in [0.25, 0.3) is 5.91 Å². The van der Waals surface area contributed by atoms with Gasteiger partial charge in [-0.3, -0.25) is 4.79 Å². The van der Waals surface area contributed by atoms with E-state index in [1.807, 2.05) is 18.2 Å². The quantitative estimate of drug-likeness (QED) is 0.321. The SMILES string of the molecule is O=C(COc1cccc(NC(=O)NCCc2coc(-c3ccc(F)cc3)n2)c1)Nc1ccccc1. The molecule has 3 aromatic carbocycles. The number of aromatic nitrogens is 1. The summed E-state index contributed by atoms with van der Waals surface area (Å²) in [4.78, 5) is 28.6. The highest BCUT2D eigenvalue weighted by atomic mass is 19.1. The van der Waals surface area contributed by atoms with Crippen LogP contribution in [0.25, 0.3) is 11.5 Å². The molecule has 0 aliphatic rings. The van der Waals surface area contributed by atoms with Crippen LogP contribution in [0.4, 0.5) is 20.6 Å². The Morgan fingerprint density at radius 1 is 0.914 bits per heavy atom. The van der Waals surface area contributed by atoms with E-state index in [-0.39, 0.29) is 18.3 Å². The zero-order valence-electron chi connectivity index (χ0n) is 18.7. The van der Waals surface area contributed by atoms with Gasteiger partial charge < -0.3 is 25.1 Å². The molecule has 1 heterocycles. The van der Waals surface area contributed by atoms with E-state index in [0.717, 1.165) is 0 Å². The maximum atomic E-state index is 13.1. The smallest absolute Gasteiger partial charge is 0.319 e.